The lowest BCUT2D eigenvalue weighted by atomic mass is 10.1. The lowest BCUT2D eigenvalue weighted by Crippen LogP contribution is -1.92. The van der Waals surface area contributed by atoms with E-state index in [0.717, 1.165) is 25.5 Å². The zero-order valence-electron chi connectivity index (χ0n) is 9.87. The van der Waals surface area contributed by atoms with E-state index in [1.54, 1.807) is 0 Å². The molecule has 0 fully saturated rings. The van der Waals surface area contributed by atoms with Crippen molar-refractivity contribution in [3.63, 3.8) is 0 Å². The van der Waals surface area contributed by atoms with Crippen LogP contribution in [0, 0.1) is 0 Å². The molecular weight excluding hydrogens is 186 g/mol. The average Bonchev–Trinajstić information content (AvgIpc) is 2.75. The molecule has 0 aromatic heterocycles. The molecule has 0 radical (unpaired) electrons. The summed E-state index contributed by atoms with van der Waals surface area (Å²) in [6.45, 7) is 3.85. The fourth-order valence-corrected chi connectivity index (χ4v) is 1.68. The predicted octanol–water partition coefficient (Wildman–Crippen LogP) is 3.72. The van der Waals surface area contributed by atoms with Crippen molar-refractivity contribution in [3.8, 4) is 0 Å². The lowest BCUT2D eigenvalue weighted by molar-refractivity contribution is 0.350. The normalized spacial score (nSPS) is 15.7. The smallest absolute Gasteiger partial charge is 0.208 e. The first-order valence-electron chi connectivity index (χ1n) is 6.27. The molecule has 2 nitrogen and oxygen atoms in total. The van der Waals surface area contributed by atoms with E-state index in [1.807, 2.05) is 6.08 Å². The number of unbranched alkanes of at least 4 members (excludes halogenated alkanes) is 6. The van der Waals surface area contributed by atoms with Crippen LogP contribution in [0.15, 0.2) is 17.1 Å². The van der Waals surface area contributed by atoms with Crippen molar-refractivity contribution < 1.29 is 4.74 Å². The Kier molecular flexibility index (Phi) is 6.97. The first kappa shape index (κ1) is 12.3. The van der Waals surface area contributed by atoms with E-state index in [1.165, 1.54) is 38.5 Å². The van der Waals surface area contributed by atoms with Crippen LogP contribution in [0.1, 0.15) is 51.9 Å². The van der Waals surface area contributed by atoms with E-state index >= 15 is 0 Å². The van der Waals surface area contributed by atoms with Gasteiger partial charge in [0, 0.05) is 0 Å². The maximum Gasteiger partial charge on any atom is 0.208 e. The molecular formula is C13H23NO. The molecule has 15 heavy (non-hydrogen) atoms. The Morgan fingerprint density at radius 3 is 2.73 bits per heavy atom. The van der Waals surface area contributed by atoms with Crippen molar-refractivity contribution in [2.45, 2.75) is 51.9 Å². The molecule has 0 saturated heterocycles. The quantitative estimate of drug-likeness (QED) is 0.558. The molecule has 1 heterocycles. The number of aliphatic imine (C=N–C) groups is 1. The molecule has 0 atom stereocenters. The number of ether oxygens (including phenoxy) is 1. The van der Waals surface area contributed by atoms with E-state index < -0.39 is 0 Å². The van der Waals surface area contributed by atoms with Crippen LogP contribution in [-0.4, -0.2) is 19.0 Å². The summed E-state index contributed by atoms with van der Waals surface area (Å²) in [6, 6.07) is 0. The second-order valence-corrected chi connectivity index (χ2v) is 4.03. The van der Waals surface area contributed by atoms with Crippen LogP contribution in [0.4, 0.5) is 0 Å². The molecule has 0 aliphatic carbocycles. The minimum absolute atomic E-state index is 0.761. The van der Waals surface area contributed by atoms with Crippen LogP contribution in [-0.2, 0) is 4.74 Å². The van der Waals surface area contributed by atoms with Gasteiger partial charge in [0.1, 0.15) is 6.61 Å². The Hall–Kier alpha value is -0.790. The highest BCUT2D eigenvalue weighted by Crippen LogP contribution is 2.07. The lowest BCUT2D eigenvalue weighted by Gasteiger charge is -1.97. The van der Waals surface area contributed by atoms with E-state index in [2.05, 4.69) is 18.0 Å². The van der Waals surface area contributed by atoms with Gasteiger partial charge in [-0.1, -0.05) is 45.1 Å². The molecule has 1 aliphatic heterocycles. The van der Waals surface area contributed by atoms with Crippen molar-refractivity contribution in [1.29, 1.82) is 0 Å². The summed E-state index contributed by atoms with van der Waals surface area (Å²) in [5, 5.41) is 0. The molecule has 86 valence electrons. The van der Waals surface area contributed by atoms with Crippen LogP contribution in [0.2, 0.25) is 0 Å². The highest BCUT2D eigenvalue weighted by molar-refractivity contribution is 5.88. The fourth-order valence-electron chi connectivity index (χ4n) is 1.68. The summed E-state index contributed by atoms with van der Waals surface area (Å²) in [4.78, 5) is 4.20. The molecule has 0 spiro atoms. The first-order valence-corrected chi connectivity index (χ1v) is 6.27. The van der Waals surface area contributed by atoms with Gasteiger partial charge in [0.2, 0.25) is 5.90 Å². The van der Waals surface area contributed by atoms with E-state index in [0.29, 0.717) is 0 Å². The van der Waals surface area contributed by atoms with Gasteiger partial charge in [0.25, 0.3) is 0 Å². The van der Waals surface area contributed by atoms with Gasteiger partial charge in [0.15, 0.2) is 0 Å². The molecule has 0 amide bonds. The molecule has 0 unspecified atom stereocenters. The second kappa shape index (κ2) is 8.51. The first-order chi connectivity index (χ1) is 7.43. The van der Waals surface area contributed by atoms with Crippen LogP contribution in [0.5, 0.6) is 0 Å². The second-order valence-electron chi connectivity index (χ2n) is 4.03. The Morgan fingerprint density at radius 2 is 2.00 bits per heavy atom. The van der Waals surface area contributed by atoms with Crippen LogP contribution in [0.25, 0.3) is 0 Å². The molecule has 0 aromatic carbocycles. The van der Waals surface area contributed by atoms with Gasteiger partial charge < -0.3 is 4.74 Å². The Labute approximate surface area is 93.4 Å². The van der Waals surface area contributed by atoms with Crippen molar-refractivity contribution in [2.75, 3.05) is 13.2 Å². The molecule has 0 aromatic rings. The van der Waals surface area contributed by atoms with Gasteiger partial charge in [-0.2, -0.15) is 0 Å². The number of hydrogen-bond acceptors (Lipinski definition) is 2. The SMILES string of the molecule is CCCCCCCC/C=C/C1=NCCO1. The van der Waals surface area contributed by atoms with Crippen molar-refractivity contribution in [2.24, 2.45) is 4.99 Å². The van der Waals surface area contributed by atoms with Gasteiger partial charge >= 0.3 is 0 Å². The van der Waals surface area contributed by atoms with Crippen molar-refractivity contribution in [3.05, 3.63) is 12.2 Å². The molecule has 2 heteroatoms. The molecule has 1 rings (SSSR count). The Balaban J connectivity index is 1.88. The Bertz CT molecular complexity index is 209. The zero-order valence-corrected chi connectivity index (χ0v) is 9.87. The summed E-state index contributed by atoms with van der Waals surface area (Å²) in [5.74, 6) is 0.820. The maximum absolute atomic E-state index is 5.28. The van der Waals surface area contributed by atoms with Crippen molar-refractivity contribution >= 4 is 5.90 Å². The minimum atomic E-state index is 0.761. The summed E-state index contributed by atoms with van der Waals surface area (Å²) in [5.41, 5.74) is 0. The average molecular weight is 209 g/mol. The highest BCUT2D eigenvalue weighted by Gasteiger charge is 2.00. The van der Waals surface area contributed by atoms with Crippen LogP contribution in [0.3, 0.4) is 0 Å². The van der Waals surface area contributed by atoms with Gasteiger partial charge in [0.05, 0.1) is 6.54 Å². The topological polar surface area (TPSA) is 21.6 Å². The van der Waals surface area contributed by atoms with Gasteiger partial charge in [-0.25, -0.2) is 4.99 Å². The van der Waals surface area contributed by atoms with Gasteiger partial charge in [-0.15, -0.1) is 0 Å². The molecule has 0 bridgehead atoms. The number of hydrogen-bond donors (Lipinski definition) is 0. The summed E-state index contributed by atoms with van der Waals surface area (Å²) < 4.78 is 5.28. The predicted molar refractivity (Wildman–Crippen MR) is 65.4 cm³/mol. The number of rotatable bonds is 8. The van der Waals surface area contributed by atoms with Crippen LogP contribution >= 0.6 is 0 Å². The van der Waals surface area contributed by atoms with Gasteiger partial charge in [-0.05, 0) is 18.9 Å². The minimum Gasteiger partial charge on any atom is -0.476 e. The van der Waals surface area contributed by atoms with Gasteiger partial charge in [-0.3, -0.25) is 0 Å². The molecule has 0 N–H and O–H groups in total. The number of nitrogens with zero attached hydrogens (tertiary/aromatic N) is 1. The highest BCUT2D eigenvalue weighted by atomic mass is 16.5. The van der Waals surface area contributed by atoms with Crippen LogP contribution < -0.4 is 0 Å². The van der Waals surface area contributed by atoms with E-state index in [-0.39, 0.29) is 0 Å². The number of allylic oxidation sites excluding steroid dienone is 1. The summed E-state index contributed by atoms with van der Waals surface area (Å²) in [6.07, 6.45) is 13.5. The third-order valence-corrected chi connectivity index (χ3v) is 2.59. The third-order valence-electron chi connectivity index (χ3n) is 2.59. The molecule has 1 aliphatic rings. The summed E-state index contributed by atoms with van der Waals surface area (Å²) >= 11 is 0. The zero-order chi connectivity index (χ0) is 10.8. The third kappa shape index (κ3) is 6.32. The summed E-state index contributed by atoms with van der Waals surface area (Å²) in [7, 11) is 0. The largest absolute Gasteiger partial charge is 0.476 e. The monoisotopic (exact) mass is 209 g/mol. The molecule has 0 saturated carbocycles. The van der Waals surface area contributed by atoms with E-state index in [9.17, 15) is 0 Å². The fraction of sp³-hybridized carbons (Fsp3) is 0.769. The standard InChI is InChI=1S/C13H23NO/c1-2-3-4-5-6-7-8-9-10-13-14-11-12-15-13/h9-10H,2-8,11-12H2,1H3/b10-9+. The maximum atomic E-state index is 5.28. The van der Waals surface area contributed by atoms with Crippen molar-refractivity contribution in [1.82, 2.24) is 0 Å². The Morgan fingerprint density at radius 1 is 1.20 bits per heavy atom. The van der Waals surface area contributed by atoms with E-state index in [4.69, 9.17) is 4.74 Å².